The Bertz CT molecular complexity index is 436. The second-order valence-electron chi connectivity index (χ2n) is 4.44. The molecule has 0 unspecified atom stereocenters. The fourth-order valence-corrected chi connectivity index (χ4v) is 2.07. The lowest BCUT2D eigenvalue weighted by molar-refractivity contribution is -0.119. The standard InChI is InChI=1S/C13H19F3N2O2/c1-9(17)12-10(4-3-5-11(12)20-2)18(6-7-19)8-13(14,15)16/h3-5,9,19H,6-8,17H2,1-2H3/t9-/m0/s1. The number of nitrogens with two attached hydrogens (primary N) is 1. The third-order valence-corrected chi connectivity index (χ3v) is 2.80. The SMILES string of the molecule is COc1cccc(N(CCO)CC(F)(F)F)c1[C@H](C)N. The number of ether oxygens (including phenoxy) is 1. The maximum Gasteiger partial charge on any atom is 0.405 e. The van der Waals surface area contributed by atoms with Crippen molar-refractivity contribution >= 4 is 5.69 Å². The van der Waals surface area contributed by atoms with Crippen LogP contribution < -0.4 is 15.4 Å². The molecule has 7 heteroatoms. The van der Waals surface area contributed by atoms with E-state index in [1.54, 1.807) is 25.1 Å². The number of aliphatic hydroxyl groups excluding tert-OH is 1. The zero-order chi connectivity index (χ0) is 15.3. The Morgan fingerprint density at radius 3 is 2.50 bits per heavy atom. The summed E-state index contributed by atoms with van der Waals surface area (Å²) in [6, 6.07) is 4.30. The van der Waals surface area contributed by atoms with Crippen LogP contribution in [0.2, 0.25) is 0 Å². The Balaban J connectivity index is 3.25. The van der Waals surface area contributed by atoms with Crippen LogP contribution in [-0.2, 0) is 0 Å². The molecule has 0 amide bonds. The largest absolute Gasteiger partial charge is 0.496 e. The van der Waals surface area contributed by atoms with Gasteiger partial charge in [-0.05, 0) is 19.1 Å². The van der Waals surface area contributed by atoms with Gasteiger partial charge in [-0.25, -0.2) is 0 Å². The first kappa shape index (κ1) is 16.6. The van der Waals surface area contributed by atoms with Crippen molar-refractivity contribution in [2.45, 2.75) is 19.1 Å². The molecule has 0 heterocycles. The highest BCUT2D eigenvalue weighted by atomic mass is 19.4. The first-order valence-corrected chi connectivity index (χ1v) is 6.15. The third kappa shape index (κ3) is 4.28. The second kappa shape index (κ2) is 6.81. The van der Waals surface area contributed by atoms with Gasteiger partial charge in [-0.3, -0.25) is 0 Å². The number of rotatable bonds is 6. The van der Waals surface area contributed by atoms with Crippen LogP contribution in [0.25, 0.3) is 0 Å². The number of benzene rings is 1. The Hall–Kier alpha value is -1.47. The Morgan fingerprint density at radius 2 is 2.05 bits per heavy atom. The van der Waals surface area contributed by atoms with E-state index >= 15 is 0 Å². The molecule has 0 aliphatic rings. The van der Waals surface area contributed by atoms with Gasteiger partial charge in [0.1, 0.15) is 12.3 Å². The summed E-state index contributed by atoms with van der Waals surface area (Å²) in [6.07, 6.45) is -4.37. The van der Waals surface area contributed by atoms with E-state index in [2.05, 4.69) is 0 Å². The number of aliphatic hydroxyl groups is 1. The average molecular weight is 292 g/mol. The van der Waals surface area contributed by atoms with E-state index in [9.17, 15) is 13.2 Å². The molecule has 1 aromatic carbocycles. The van der Waals surface area contributed by atoms with Crippen molar-refractivity contribution in [2.75, 3.05) is 31.7 Å². The smallest absolute Gasteiger partial charge is 0.405 e. The Labute approximate surface area is 115 Å². The van der Waals surface area contributed by atoms with E-state index in [-0.39, 0.29) is 13.2 Å². The molecule has 0 spiro atoms. The zero-order valence-electron chi connectivity index (χ0n) is 11.4. The summed E-state index contributed by atoms with van der Waals surface area (Å²) in [4.78, 5) is 1.06. The molecular weight excluding hydrogens is 273 g/mol. The lowest BCUT2D eigenvalue weighted by Gasteiger charge is -2.29. The molecule has 0 aromatic heterocycles. The summed E-state index contributed by atoms with van der Waals surface area (Å²) in [5.41, 5.74) is 6.66. The van der Waals surface area contributed by atoms with E-state index in [4.69, 9.17) is 15.6 Å². The van der Waals surface area contributed by atoms with E-state index in [0.717, 1.165) is 4.90 Å². The van der Waals surface area contributed by atoms with Crippen LogP contribution in [-0.4, -0.2) is 38.1 Å². The lowest BCUT2D eigenvalue weighted by Crippen LogP contribution is -2.37. The molecule has 3 N–H and O–H groups in total. The van der Waals surface area contributed by atoms with Crippen LogP contribution in [0.4, 0.5) is 18.9 Å². The molecule has 1 atom stereocenters. The lowest BCUT2D eigenvalue weighted by atomic mass is 10.0. The van der Waals surface area contributed by atoms with E-state index < -0.39 is 18.8 Å². The fourth-order valence-electron chi connectivity index (χ4n) is 2.07. The van der Waals surface area contributed by atoms with Gasteiger partial charge in [0, 0.05) is 23.8 Å². The monoisotopic (exact) mass is 292 g/mol. The van der Waals surface area contributed by atoms with Gasteiger partial charge in [-0.15, -0.1) is 0 Å². The normalized spacial score (nSPS) is 13.2. The van der Waals surface area contributed by atoms with Crippen molar-refractivity contribution in [3.8, 4) is 5.75 Å². The van der Waals surface area contributed by atoms with E-state index in [0.29, 0.717) is 17.0 Å². The van der Waals surface area contributed by atoms with Gasteiger partial charge in [0.15, 0.2) is 0 Å². The van der Waals surface area contributed by atoms with Crippen molar-refractivity contribution < 1.29 is 23.0 Å². The highest BCUT2D eigenvalue weighted by Crippen LogP contribution is 2.34. The van der Waals surface area contributed by atoms with Crippen molar-refractivity contribution in [3.05, 3.63) is 23.8 Å². The number of anilines is 1. The number of methoxy groups -OCH3 is 1. The van der Waals surface area contributed by atoms with Gasteiger partial charge in [-0.2, -0.15) is 13.2 Å². The minimum absolute atomic E-state index is 0.133. The van der Waals surface area contributed by atoms with Gasteiger partial charge in [0.2, 0.25) is 0 Å². The molecule has 0 fully saturated rings. The summed E-state index contributed by atoms with van der Waals surface area (Å²) in [6.45, 7) is 0.00456. The molecule has 20 heavy (non-hydrogen) atoms. The van der Waals surface area contributed by atoms with Crippen LogP contribution in [0, 0.1) is 0 Å². The van der Waals surface area contributed by atoms with Crippen LogP contribution >= 0.6 is 0 Å². The number of halogens is 3. The molecule has 4 nitrogen and oxygen atoms in total. The zero-order valence-corrected chi connectivity index (χ0v) is 11.4. The molecular formula is C13H19F3N2O2. The first-order valence-electron chi connectivity index (χ1n) is 6.15. The summed E-state index contributed by atoms with van der Waals surface area (Å²) in [5, 5.41) is 8.98. The van der Waals surface area contributed by atoms with Gasteiger partial charge >= 0.3 is 6.18 Å². The molecule has 0 bridgehead atoms. The molecule has 0 aliphatic heterocycles. The predicted octanol–water partition coefficient (Wildman–Crippen LogP) is 2.08. The van der Waals surface area contributed by atoms with Gasteiger partial charge in [0.05, 0.1) is 13.7 Å². The first-order chi connectivity index (χ1) is 9.30. The number of hydrogen-bond acceptors (Lipinski definition) is 4. The molecule has 0 aliphatic carbocycles. The third-order valence-electron chi connectivity index (χ3n) is 2.80. The van der Waals surface area contributed by atoms with Gasteiger partial charge in [-0.1, -0.05) is 6.07 Å². The van der Waals surface area contributed by atoms with Gasteiger partial charge < -0.3 is 20.5 Å². The highest BCUT2D eigenvalue weighted by molar-refractivity contribution is 5.61. The van der Waals surface area contributed by atoms with Crippen LogP contribution in [0.3, 0.4) is 0 Å². The number of alkyl halides is 3. The summed E-state index contributed by atoms with van der Waals surface area (Å²) in [5.74, 6) is 0.433. The maximum atomic E-state index is 12.6. The topological polar surface area (TPSA) is 58.7 Å². The molecule has 0 saturated carbocycles. The van der Waals surface area contributed by atoms with Crippen molar-refractivity contribution in [1.82, 2.24) is 0 Å². The van der Waals surface area contributed by atoms with Crippen LogP contribution in [0.15, 0.2) is 18.2 Å². The van der Waals surface area contributed by atoms with Crippen molar-refractivity contribution in [2.24, 2.45) is 5.73 Å². The quantitative estimate of drug-likeness (QED) is 0.843. The molecule has 0 radical (unpaired) electrons. The van der Waals surface area contributed by atoms with Gasteiger partial charge in [0.25, 0.3) is 0 Å². The average Bonchev–Trinajstić information content (AvgIpc) is 2.35. The summed E-state index contributed by atoms with van der Waals surface area (Å²) in [7, 11) is 1.44. The summed E-state index contributed by atoms with van der Waals surface area (Å²) < 4.78 is 43.1. The van der Waals surface area contributed by atoms with E-state index in [1.807, 2.05) is 0 Å². The minimum atomic E-state index is -4.37. The van der Waals surface area contributed by atoms with E-state index in [1.165, 1.54) is 7.11 Å². The Kier molecular flexibility index (Phi) is 5.64. The molecule has 1 aromatic rings. The highest BCUT2D eigenvalue weighted by Gasteiger charge is 2.32. The second-order valence-corrected chi connectivity index (χ2v) is 4.44. The molecule has 0 saturated heterocycles. The maximum absolute atomic E-state index is 12.6. The fraction of sp³-hybridized carbons (Fsp3) is 0.538. The molecule has 114 valence electrons. The predicted molar refractivity (Wildman–Crippen MR) is 71.0 cm³/mol. The Morgan fingerprint density at radius 1 is 1.40 bits per heavy atom. The number of hydrogen-bond donors (Lipinski definition) is 2. The van der Waals surface area contributed by atoms with Crippen LogP contribution in [0.5, 0.6) is 5.75 Å². The molecule has 1 rings (SSSR count). The van der Waals surface area contributed by atoms with Crippen LogP contribution in [0.1, 0.15) is 18.5 Å². The van der Waals surface area contributed by atoms with Crippen molar-refractivity contribution in [1.29, 1.82) is 0 Å². The summed E-state index contributed by atoms with van der Waals surface area (Å²) >= 11 is 0. The number of nitrogens with zero attached hydrogens (tertiary/aromatic N) is 1. The minimum Gasteiger partial charge on any atom is -0.496 e. The van der Waals surface area contributed by atoms with Crippen molar-refractivity contribution in [3.63, 3.8) is 0 Å².